The monoisotopic (exact) mass is 579 g/mol. The molecule has 0 unspecified atom stereocenters. The van der Waals surface area contributed by atoms with Crippen LogP contribution in [0.1, 0.15) is 18.1 Å². The van der Waals surface area contributed by atoms with Gasteiger partial charge in [-0.2, -0.15) is 8.78 Å². The quantitative estimate of drug-likeness (QED) is 0.0601. The Morgan fingerprint density at radius 2 is 1.62 bits per heavy atom. The molecule has 0 N–H and O–H groups in total. The molecule has 0 saturated carbocycles. The molecule has 1 aromatic heterocycles. The third-order valence-electron chi connectivity index (χ3n) is 6.41. The summed E-state index contributed by atoms with van der Waals surface area (Å²) in [6.45, 7) is -0.449. The Labute approximate surface area is 235 Å². The fraction of sp³-hybridized carbons (Fsp3) is 0.133. The molecule has 0 bridgehead atoms. The van der Waals surface area contributed by atoms with E-state index in [1.807, 2.05) is 28.8 Å². The molecule has 5 rings (SSSR count). The number of aromatic nitrogens is 1. The number of halogens is 4. The molecule has 0 amide bonds. The Hall–Kier alpha value is -5.26. The van der Waals surface area contributed by atoms with Crippen molar-refractivity contribution in [1.82, 2.24) is 4.57 Å². The van der Waals surface area contributed by atoms with Crippen LogP contribution in [0.25, 0.3) is 27.5 Å². The highest BCUT2D eigenvalue weighted by molar-refractivity contribution is 6.14. The van der Waals surface area contributed by atoms with Crippen LogP contribution in [0.2, 0.25) is 0 Å². The molecule has 0 radical (unpaired) electrons. The highest BCUT2D eigenvalue weighted by Crippen LogP contribution is 2.34. The summed E-state index contributed by atoms with van der Waals surface area (Å²) in [5, 5.41) is 16.8. The van der Waals surface area contributed by atoms with Crippen molar-refractivity contribution in [3.05, 3.63) is 112 Å². The zero-order valence-corrected chi connectivity index (χ0v) is 21.8. The minimum absolute atomic E-state index is 0.0329. The van der Waals surface area contributed by atoms with Crippen LogP contribution in [0.4, 0.5) is 23.2 Å². The van der Waals surface area contributed by atoms with Crippen LogP contribution in [0.5, 0.6) is 5.75 Å². The van der Waals surface area contributed by atoms with E-state index in [2.05, 4.69) is 5.16 Å². The number of hydrogen-bond acceptors (Lipinski definition) is 6. The number of nitrogens with zero attached hydrogens (tertiary/aromatic N) is 3. The normalized spacial score (nSPS) is 12.2. The van der Waals surface area contributed by atoms with Crippen LogP contribution in [0, 0.1) is 10.1 Å². The van der Waals surface area contributed by atoms with Gasteiger partial charge in [-0.15, -0.1) is 0 Å². The van der Waals surface area contributed by atoms with Crippen LogP contribution in [-0.4, -0.2) is 40.1 Å². The number of fused-ring (bicyclic) bond motifs is 3. The number of oxime groups is 1. The molecule has 1 heterocycles. The second kappa shape index (κ2) is 11.3. The Morgan fingerprint density at radius 3 is 2.31 bits per heavy atom. The average Bonchev–Trinajstić information content (AvgIpc) is 3.30. The van der Waals surface area contributed by atoms with Crippen molar-refractivity contribution in [3.63, 3.8) is 0 Å². The van der Waals surface area contributed by atoms with E-state index in [-0.39, 0.29) is 22.7 Å². The van der Waals surface area contributed by atoms with Gasteiger partial charge < -0.3 is 14.1 Å². The maximum absolute atomic E-state index is 13.6. The third kappa shape index (κ3) is 5.51. The first-order valence-electron chi connectivity index (χ1n) is 12.5. The van der Waals surface area contributed by atoms with E-state index in [1.165, 1.54) is 30.3 Å². The number of nitro benzene ring substituents is 1. The number of rotatable bonds is 9. The maximum atomic E-state index is 13.6. The summed E-state index contributed by atoms with van der Waals surface area (Å²) >= 11 is 0. The van der Waals surface area contributed by atoms with Crippen LogP contribution in [-0.2, 0) is 9.63 Å². The van der Waals surface area contributed by atoms with Gasteiger partial charge in [-0.3, -0.25) is 10.1 Å². The van der Waals surface area contributed by atoms with Crippen molar-refractivity contribution in [1.29, 1.82) is 0 Å². The van der Waals surface area contributed by atoms with E-state index in [0.29, 0.717) is 16.6 Å². The van der Waals surface area contributed by atoms with Gasteiger partial charge >= 0.3 is 18.3 Å². The summed E-state index contributed by atoms with van der Waals surface area (Å²) in [7, 11) is 0. The second-order valence-corrected chi connectivity index (χ2v) is 9.23. The van der Waals surface area contributed by atoms with Crippen LogP contribution < -0.4 is 4.74 Å². The van der Waals surface area contributed by atoms with Gasteiger partial charge in [0.15, 0.2) is 6.61 Å². The fourth-order valence-corrected chi connectivity index (χ4v) is 4.51. The molecule has 214 valence electrons. The van der Waals surface area contributed by atoms with Gasteiger partial charge in [-0.05, 0) is 36.4 Å². The molecule has 4 aromatic carbocycles. The highest BCUT2D eigenvalue weighted by atomic mass is 19.3. The van der Waals surface area contributed by atoms with E-state index in [1.54, 1.807) is 36.4 Å². The van der Waals surface area contributed by atoms with E-state index in [4.69, 9.17) is 9.57 Å². The third-order valence-corrected chi connectivity index (χ3v) is 6.41. The van der Waals surface area contributed by atoms with Gasteiger partial charge in [-0.25, -0.2) is 13.6 Å². The first kappa shape index (κ1) is 28.3. The Morgan fingerprint density at radius 1 is 0.952 bits per heavy atom. The number of hydrogen-bond donors (Lipinski definition) is 0. The van der Waals surface area contributed by atoms with Crippen molar-refractivity contribution in [2.24, 2.45) is 5.16 Å². The number of carbonyl (C=O) groups is 1. The summed E-state index contributed by atoms with van der Waals surface area (Å²) in [6, 6.07) is 24.6. The van der Waals surface area contributed by atoms with Gasteiger partial charge in [0.25, 0.3) is 5.69 Å². The molecular weight excluding hydrogens is 558 g/mol. The number of carbonyl (C=O) groups excluding carboxylic acids is 1. The molecule has 0 aliphatic heterocycles. The molecule has 0 atom stereocenters. The minimum atomic E-state index is -4.38. The number of ether oxygens (including phenoxy) is 1. The summed E-state index contributed by atoms with van der Waals surface area (Å²) in [5.74, 6) is -5.30. The first-order chi connectivity index (χ1) is 20.1. The molecule has 8 nitrogen and oxygen atoms in total. The topological polar surface area (TPSA) is 96.0 Å². The predicted molar refractivity (Wildman–Crippen MR) is 148 cm³/mol. The summed E-state index contributed by atoms with van der Waals surface area (Å²) in [5.41, 5.74) is 2.72. The van der Waals surface area contributed by atoms with Crippen molar-refractivity contribution in [2.45, 2.75) is 19.3 Å². The van der Waals surface area contributed by atoms with Crippen LogP contribution in [0.3, 0.4) is 0 Å². The van der Waals surface area contributed by atoms with E-state index < -0.39 is 29.8 Å². The van der Waals surface area contributed by atoms with E-state index >= 15 is 0 Å². The number of alkyl halides is 4. The number of benzene rings is 4. The maximum Gasteiger partial charge on any atom is 0.340 e. The zero-order valence-electron chi connectivity index (χ0n) is 21.8. The largest absolute Gasteiger partial charge is 0.486 e. The molecule has 0 spiro atoms. The van der Waals surface area contributed by atoms with Gasteiger partial charge in [0.2, 0.25) is 0 Å². The molecule has 12 heteroatoms. The van der Waals surface area contributed by atoms with Crippen LogP contribution >= 0.6 is 0 Å². The summed E-state index contributed by atoms with van der Waals surface area (Å²) in [4.78, 5) is 27.4. The zero-order chi connectivity index (χ0) is 30.0. The molecule has 0 aliphatic rings. The number of nitro groups is 1. The summed E-state index contributed by atoms with van der Waals surface area (Å²) < 4.78 is 59.6. The number of non-ortho nitro benzene ring substituents is 1. The van der Waals surface area contributed by atoms with Crippen molar-refractivity contribution >= 4 is 39.2 Å². The SMILES string of the molecule is CC(=O)O/N=C(\c1ccc(-n2c3ccccc3c3cc([N+](=O)[O-])ccc32)cc1)c1ccccc1OCC(F)(F)C(F)F. The average molecular weight is 580 g/mol. The minimum Gasteiger partial charge on any atom is -0.486 e. The van der Waals surface area contributed by atoms with Crippen molar-refractivity contribution in [3.8, 4) is 11.4 Å². The lowest BCUT2D eigenvalue weighted by atomic mass is 10.0. The highest BCUT2D eigenvalue weighted by Gasteiger charge is 2.42. The number of para-hydroxylation sites is 2. The lowest BCUT2D eigenvalue weighted by Gasteiger charge is -2.18. The van der Waals surface area contributed by atoms with Crippen molar-refractivity contribution < 1.29 is 36.9 Å². The smallest absolute Gasteiger partial charge is 0.340 e. The molecular formula is C30H21F4N3O5. The standard InChI is InChI=1S/C30H21F4N3O5/c1-18(38)42-35-28(23-7-3-5-9-27(23)41-17-30(33,34)29(31)32)19-10-12-20(13-11-19)36-25-8-4-2-6-22(25)24-16-21(37(39)40)14-15-26(24)36/h2-16,29H,17H2,1H3/b35-28+. The Balaban J connectivity index is 1.58. The Kier molecular flexibility index (Phi) is 7.62. The molecule has 0 fully saturated rings. The lowest BCUT2D eigenvalue weighted by molar-refractivity contribution is -0.384. The predicted octanol–water partition coefficient (Wildman–Crippen LogP) is 7.29. The van der Waals surface area contributed by atoms with Crippen LogP contribution in [0.15, 0.2) is 96.2 Å². The van der Waals surface area contributed by atoms with E-state index in [9.17, 15) is 32.5 Å². The summed E-state index contributed by atoms with van der Waals surface area (Å²) in [6.07, 6.45) is -3.92. The van der Waals surface area contributed by atoms with Gasteiger partial charge in [0, 0.05) is 46.6 Å². The van der Waals surface area contributed by atoms with Gasteiger partial charge in [-0.1, -0.05) is 47.6 Å². The molecule has 0 aliphatic carbocycles. The van der Waals surface area contributed by atoms with Gasteiger partial charge in [0.1, 0.15) is 11.5 Å². The molecule has 0 saturated heterocycles. The Bertz CT molecular complexity index is 1830. The fourth-order valence-electron chi connectivity index (χ4n) is 4.51. The second-order valence-electron chi connectivity index (χ2n) is 9.23. The van der Waals surface area contributed by atoms with Gasteiger partial charge in [0.05, 0.1) is 16.0 Å². The molecule has 5 aromatic rings. The lowest BCUT2D eigenvalue weighted by Crippen LogP contribution is -2.34. The molecule has 42 heavy (non-hydrogen) atoms. The van der Waals surface area contributed by atoms with Crippen molar-refractivity contribution in [2.75, 3.05) is 6.61 Å². The first-order valence-corrected chi connectivity index (χ1v) is 12.5. The van der Waals surface area contributed by atoms with E-state index in [0.717, 1.165) is 23.3 Å².